The highest BCUT2D eigenvalue weighted by molar-refractivity contribution is 5.95. The van der Waals surface area contributed by atoms with Gasteiger partial charge >= 0.3 is 11.9 Å². The highest BCUT2D eigenvalue weighted by atomic mass is 15.6. The van der Waals surface area contributed by atoms with Crippen LogP contribution in [-0.2, 0) is 0 Å². The lowest BCUT2D eigenvalue weighted by atomic mass is 10.0. The summed E-state index contributed by atoms with van der Waals surface area (Å²) in [7, 11) is 0. The summed E-state index contributed by atoms with van der Waals surface area (Å²) in [5, 5.41) is 10.7. The Morgan fingerprint density at radius 2 is 1.78 bits per heavy atom. The molecule has 0 N–H and O–H groups in total. The van der Waals surface area contributed by atoms with E-state index in [1.165, 1.54) is 5.57 Å². The summed E-state index contributed by atoms with van der Waals surface area (Å²) in [6.45, 7) is 31.3. The van der Waals surface area contributed by atoms with Crippen molar-refractivity contribution in [3.63, 3.8) is 0 Å². The first-order chi connectivity index (χ1) is 17.7. The summed E-state index contributed by atoms with van der Waals surface area (Å²) in [4.78, 5) is 12.4. The molecule has 0 aliphatic carbocycles. The van der Waals surface area contributed by atoms with E-state index in [9.17, 15) is 0 Å². The van der Waals surface area contributed by atoms with E-state index in [0.717, 1.165) is 55.9 Å². The van der Waals surface area contributed by atoms with E-state index >= 15 is 0 Å². The maximum absolute atomic E-state index is 5.06. The number of guanidine groups is 1. The molecule has 0 amide bonds. The van der Waals surface area contributed by atoms with E-state index in [2.05, 4.69) is 75.3 Å². The van der Waals surface area contributed by atoms with Gasteiger partial charge in [-0.2, -0.15) is 14.8 Å². The number of hydrogen-bond acceptors (Lipinski definition) is 6. The molecule has 37 heavy (non-hydrogen) atoms. The van der Waals surface area contributed by atoms with Crippen molar-refractivity contribution in [2.24, 2.45) is 15.1 Å². The SMILES string of the molecule is C=NN(C1=NC(n2nc(C)cc2C)=NC(/C(=C/CC)CCC(C)N(CC)CC)[N+]1=C)/C(C)=C\CC.CC. The molecule has 0 radical (unpaired) electrons. The molecular weight excluding hydrogens is 460 g/mol. The van der Waals surface area contributed by atoms with Gasteiger partial charge in [0, 0.05) is 25.2 Å². The van der Waals surface area contributed by atoms with Gasteiger partial charge in [0.25, 0.3) is 0 Å². The summed E-state index contributed by atoms with van der Waals surface area (Å²) in [6.07, 6.45) is 7.86. The zero-order valence-electron chi connectivity index (χ0n) is 25.1. The predicted octanol–water partition coefficient (Wildman–Crippen LogP) is 6.22. The van der Waals surface area contributed by atoms with E-state index in [0.29, 0.717) is 18.0 Å². The van der Waals surface area contributed by atoms with Crippen LogP contribution in [-0.4, -0.2) is 74.9 Å². The standard InChI is InChI=1S/C27H45N8.C2H6/c1-11-15-22(7)35(28-9)27-30-26(34-23(8)19-20(5)31-34)29-25(32(27)10)24(16-12-2)18-17-21(6)33(13-3)14-4;1-2/h15-16,19,21,25H,9-14,17-18H2,1-8H3;1-2H3/q+1;/b22-15-,24-16+;. The zero-order chi connectivity index (χ0) is 28.1. The van der Waals surface area contributed by atoms with Crippen LogP contribution in [0.25, 0.3) is 0 Å². The third-order valence-corrected chi connectivity index (χ3v) is 6.44. The summed E-state index contributed by atoms with van der Waals surface area (Å²) >= 11 is 0. The average Bonchev–Trinajstić information content (AvgIpc) is 3.23. The van der Waals surface area contributed by atoms with Crippen LogP contribution in [0.15, 0.2) is 44.6 Å². The number of aromatic nitrogens is 2. The van der Waals surface area contributed by atoms with E-state index in [1.54, 1.807) is 9.69 Å². The van der Waals surface area contributed by atoms with Crippen molar-refractivity contribution < 1.29 is 4.58 Å². The van der Waals surface area contributed by atoms with E-state index in [-0.39, 0.29) is 6.17 Å². The molecule has 1 aliphatic rings. The molecule has 0 spiro atoms. The van der Waals surface area contributed by atoms with Crippen LogP contribution in [0.4, 0.5) is 0 Å². The van der Waals surface area contributed by atoms with Gasteiger partial charge in [-0.15, -0.1) is 10.1 Å². The molecule has 1 aromatic rings. The van der Waals surface area contributed by atoms with Gasteiger partial charge in [0.05, 0.1) is 11.4 Å². The first-order valence-corrected chi connectivity index (χ1v) is 13.9. The number of aliphatic imine (C=N–C) groups is 2. The minimum absolute atomic E-state index is 0.302. The Kier molecular flexibility index (Phi) is 14.0. The Morgan fingerprint density at radius 3 is 2.27 bits per heavy atom. The lowest BCUT2D eigenvalue weighted by Crippen LogP contribution is -2.44. The van der Waals surface area contributed by atoms with Gasteiger partial charge < -0.3 is 4.90 Å². The minimum Gasteiger partial charge on any atom is -0.301 e. The Bertz CT molecular complexity index is 1010. The molecule has 0 saturated heterocycles. The Morgan fingerprint density at radius 1 is 1.16 bits per heavy atom. The number of nitrogens with zero attached hydrogens (tertiary/aromatic N) is 8. The summed E-state index contributed by atoms with van der Waals surface area (Å²) < 4.78 is 3.66. The first-order valence-electron chi connectivity index (χ1n) is 13.9. The molecule has 8 nitrogen and oxygen atoms in total. The number of rotatable bonds is 11. The van der Waals surface area contributed by atoms with Crippen molar-refractivity contribution in [1.82, 2.24) is 19.7 Å². The monoisotopic (exact) mass is 511 g/mol. The quantitative estimate of drug-likeness (QED) is 0.153. The minimum atomic E-state index is -0.302. The van der Waals surface area contributed by atoms with Gasteiger partial charge in [-0.25, -0.2) is 4.58 Å². The molecule has 0 saturated carbocycles. The molecule has 206 valence electrons. The first kappa shape index (κ1) is 32.2. The predicted molar refractivity (Wildman–Crippen MR) is 160 cm³/mol. The second-order valence-corrected chi connectivity index (χ2v) is 9.03. The van der Waals surface area contributed by atoms with Crippen molar-refractivity contribution in [3.05, 3.63) is 40.9 Å². The molecule has 2 rings (SSSR count). The van der Waals surface area contributed by atoms with Crippen molar-refractivity contribution in [1.29, 1.82) is 0 Å². The van der Waals surface area contributed by atoms with Gasteiger partial charge in [-0.3, -0.25) is 0 Å². The van der Waals surface area contributed by atoms with Crippen molar-refractivity contribution in [2.45, 2.75) is 107 Å². The van der Waals surface area contributed by atoms with Crippen molar-refractivity contribution >= 4 is 25.4 Å². The van der Waals surface area contributed by atoms with Gasteiger partial charge in [-0.05, 0) is 89.2 Å². The van der Waals surface area contributed by atoms with Crippen LogP contribution < -0.4 is 0 Å². The highest BCUT2D eigenvalue weighted by Gasteiger charge is 2.37. The van der Waals surface area contributed by atoms with E-state index in [1.807, 2.05) is 45.3 Å². The average molecular weight is 512 g/mol. The molecule has 8 heteroatoms. The molecule has 0 fully saturated rings. The number of hydrazone groups is 1. The number of hydrogen-bond donors (Lipinski definition) is 0. The maximum atomic E-state index is 5.06. The Labute approximate surface area is 225 Å². The van der Waals surface area contributed by atoms with Crippen LogP contribution in [0.2, 0.25) is 0 Å². The second kappa shape index (κ2) is 16.1. The fourth-order valence-electron chi connectivity index (χ4n) is 4.57. The fourth-order valence-corrected chi connectivity index (χ4v) is 4.57. The van der Waals surface area contributed by atoms with Gasteiger partial charge in [-0.1, -0.05) is 47.6 Å². The van der Waals surface area contributed by atoms with E-state index in [4.69, 9.17) is 9.98 Å². The topological polar surface area (TPSA) is 64.4 Å². The number of allylic oxidation sites excluding steroid dienone is 3. The zero-order valence-corrected chi connectivity index (χ0v) is 25.1. The van der Waals surface area contributed by atoms with Crippen LogP contribution >= 0.6 is 0 Å². The van der Waals surface area contributed by atoms with Gasteiger partial charge in [0.1, 0.15) is 0 Å². The van der Waals surface area contributed by atoms with Crippen molar-refractivity contribution in [3.8, 4) is 0 Å². The summed E-state index contributed by atoms with van der Waals surface area (Å²) in [5.74, 6) is 1.12. The molecule has 1 aromatic heterocycles. The van der Waals surface area contributed by atoms with Crippen LogP contribution in [0, 0.1) is 13.8 Å². The largest absolute Gasteiger partial charge is 0.428 e. The Balaban J connectivity index is 0.00000334. The van der Waals surface area contributed by atoms with Crippen LogP contribution in [0.3, 0.4) is 0 Å². The van der Waals surface area contributed by atoms with Gasteiger partial charge in [0.15, 0.2) is 6.17 Å². The molecule has 2 atom stereocenters. The third-order valence-electron chi connectivity index (χ3n) is 6.44. The normalized spacial score (nSPS) is 17.2. The lowest BCUT2D eigenvalue weighted by molar-refractivity contribution is -0.444. The summed E-state index contributed by atoms with van der Waals surface area (Å²) in [5.41, 5.74) is 4.08. The molecule has 1 aliphatic heterocycles. The van der Waals surface area contributed by atoms with E-state index < -0.39 is 0 Å². The third kappa shape index (κ3) is 8.32. The molecule has 2 unspecified atom stereocenters. The second-order valence-electron chi connectivity index (χ2n) is 9.03. The highest BCUT2D eigenvalue weighted by Crippen LogP contribution is 2.24. The number of aryl methyl sites for hydroxylation is 2. The molecule has 0 aromatic carbocycles. The van der Waals surface area contributed by atoms with Crippen LogP contribution in [0.1, 0.15) is 92.5 Å². The summed E-state index contributed by atoms with van der Waals surface area (Å²) in [6, 6.07) is 2.52. The molecular formula is C29H51N8+. The maximum Gasteiger partial charge on any atom is 0.428 e. The molecule has 2 heterocycles. The van der Waals surface area contributed by atoms with Crippen LogP contribution in [0.5, 0.6) is 0 Å². The van der Waals surface area contributed by atoms with Gasteiger partial charge in [0.2, 0.25) is 0 Å². The molecule has 0 bridgehead atoms. The van der Waals surface area contributed by atoms with Crippen molar-refractivity contribution in [2.75, 3.05) is 13.1 Å². The lowest BCUT2D eigenvalue weighted by Gasteiger charge is -2.28. The smallest absolute Gasteiger partial charge is 0.301 e. The Hall–Kier alpha value is -2.87. The fraction of sp³-hybridized carbons (Fsp3) is 0.621.